The molecule has 0 radical (unpaired) electrons. The Hall–Kier alpha value is -2.99. The van der Waals surface area contributed by atoms with Gasteiger partial charge >= 0.3 is 23.6 Å². The first kappa shape index (κ1) is 13.1. The third-order valence-electron chi connectivity index (χ3n) is 1.81. The van der Waals surface area contributed by atoms with Gasteiger partial charge in [-0.3, -0.25) is 14.9 Å². The van der Waals surface area contributed by atoms with Crippen molar-refractivity contribution in [3.8, 4) is 0 Å². The number of benzene rings is 1. The Labute approximate surface area is 101 Å². The molecule has 0 aliphatic heterocycles. The standard InChI is InChI=1S/C10H9N5O3/c11-8(16)7(15-12)9(17)14-10(18)13-6-4-2-1-3-5-6/h1-5H,(H2,11,16)(H2,13,14,17,18). The third-order valence-corrected chi connectivity index (χ3v) is 1.81. The molecule has 4 amide bonds. The highest BCUT2D eigenvalue weighted by atomic mass is 16.2. The van der Waals surface area contributed by atoms with Crippen molar-refractivity contribution in [1.82, 2.24) is 5.32 Å². The Morgan fingerprint density at radius 1 is 1.17 bits per heavy atom. The summed E-state index contributed by atoms with van der Waals surface area (Å²) in [6.45, 7) is 0. The Morgan fingerprint density at radius 3 is 2.28 bits per heavy atom. The van der Waals surface area contributed by atoms with Gasteiger partial charge in [0.1, 0.15) is 0 Å². The maximum absolute atomic E-state index is 11.3. The van der Waals surface area contributed by atoms with E-state index in [2.05, 4.69) is 10.1 Å². The van der Waals surface area contributed by atoms with Crippen molar-refractivity contribution in [3.63, 3.8) is 0 Å². The van der Waals surface area contributed by atoms with E-state index in [-0.39, 0.29) is 0 Å². The molecule has 0 spiro atoms. The van der Waals surface area contributed by atoms with Crippen LogP contribution < -0.4 is 16.4 Å². The molecular weight excluding hydrogens is 238 g/mol. The summed E-state index contributed by atoms with van der Waals surface area (Å²) >= 11 is 0. The minimum Gasteiger partial charge on any atom is -0.360 e. The molecule has 18 heavy (non-hydrogen) atoms. The van der Waals surface area contributed by atoms with Crippen LogP contribution in [-0.4, -0.2) is 28.3 Å². The number of carbonyl (C=O) groups is 3. The van der Waals surface area contributed by atoms with E-state index in [1.165, 1.54) is 0 Å². The lowest BCUT2D eigenvalue weighted by atomic mass is 10.3. The summed E-state index contributed by atoms with van der Waals surface area (Å²) < 4.78 is 0. The topological polar surface area (TPSA) is 138 Å². The average Bonchev–Trinajstić information content (AvgIpc) is 2.30. The van der Waals surface area contributed by atoms with Crippen LogP contribution in [0.5, 0.6) is 0 Å². The fraction of sp³-hybridized carbons (Fsp3) is 0. The molecule has 0 atom stereocenters. The van der Waals surface area contributed by atoms with Crippen molar-refractivity contribution < 1.29 is 19.2 Å². The number of hydrogen-bond acceptors (Lipinski definition) is 3. The second kappa shape index (κ2) is 5.92. The van der Waals surface area contributed by atoms with E-state index in [4.69, 9.17) is 11.3 Å². The lowest BCUT2D eigenvalue weighted by Crippen LogP contribution is -2.44. The Balaban J connectivity index is 2.64. The number of amides is 4. The zero-order valence-corrected chi connectivity index (χ0v) is 9.08. The van der Waals surface area contributed by atoms with E-state index in [9.17, 15) is 14.4 Å². The number of nitrogens with one attached hydrogen (secondary N) is 2. The van der Waals surface area contributed by atoms with Gasteiger partial charge in [-0.15, -0.1) is 0 Å². The van der Waals surface area contributed by atoms with Crippen molar-refractivity contribution in [3.05, 3.63) is 35.9 Å². The van der Waals surface area contributed by atoms with Gasteiger partial charge in [0, 0.05) is 5.69 Å². The van der Waals surface area contributed by atoms with Crippen molar-refractivity contribution >= 4 is 29.2 Å². The fourth-order valence-corrected chi connectivity index (χ4v) is 1.05. The lowest BCUT2D eigenvalue weighted by Gasteiger charge is -2.03. The largest absolute Gasteiger partial charge is 0.443 e. The highest BCUT2D eigenvalue weighted by Crippen LogP contribution is 2.03. The lowest BCUT2D eigenvalue weighted by molar-refractivity contribution is -0.124. The molecule has 0 unspecified atom stereocenters. The van der Waals surface area contributed by atoms with Gasteiger partial charge in [0.05, 0.1) is 0 Å². The molecule has 0 aliphatic rings. The SMILES string of the molecule is [N-]=[N+]=C(C(N)=O)C(=O)NC(=O)Nc1ccccc1. The van der Waals surface area contributed by atoms with Crippen LogP contribution in [-0.2, 0) is 9.59 Å². The summed E-state index contributed by atoms with van der Waals surface area (Å²) in [4.78, 5) is 35.6. The number of urea groups is 1. The number of para-hydroxylation sites is 1. The van der Waals surface area contributed by atoms with Crippen LogP contribution in [0.4, 0.5) is 10.5 Å². The minimum atomic E-state index is -1.25. The molecule has 0 fully saturated rings. The monoisotopic (exact) mass is 247 g/mol. The fourth-order valence-electron chi connectivity index (χ4n) is 1.05. The van der Waals surface area contributed by atoms with Gasteiger partial charge in [-0.1, -0.05) is 18.2 Å². The van der Waals surface area contributed by atoms with E-state index in [0.29, 0.717) is 5.69 Å². The molecule has 1 aromatic rings. The third kappa shape index (κ3) is 3.54. The maximum Gasteiger partial charge on any atom is 0.443 e. The molecule has 92 valence electrons. The molecular formula is C10H9N5O3. The smallest absolute Gasteiger partial charge is 0.360 e. The number of primary amides is 1. The average molecular weight is 247 g/mol. The number of anilines is 1. The van der Waals surface area contributed by atoms with Crippen LogP contribution in [0.25, 0.3) is 5.53 Å². The first-order valence-electron chi connectivity index (χ1n) is 4.74. The molecule has 0 saturated heterocycles. The van der Waals surface area contributed by atoms with E-state index in [1.807, 2.05) is 0 Å². The van der Waals surface area contributed by atoms with Crippen LogP contribution in [0.15, 0.2) is 30.3 Å². The van der Waals surface area contributed by atoms with E-state index < -0.39 is 23.6 Å². The Morgan fingerprint density at radius 2 is 1.78 bits per heavy atom. The molecule has 4 N–H and O–H groups in total. The highest BCUT2D eigenvalue weighted by molar-refractivity contribution is 6.63. The van der Waals surface area contributed by atoms with Crippen molar-refractivity contribution in [2.24, 2.45) is 5.73 Å². The highest BCUT2D eigenvalue weighted by Gasteiger charge is 2.28. The predicted octanol–water partition coefficient (Wildman–Crippen LogP) is -0.509. The van der Waals surface area contributed by atoms with E-state index in [1.54, 1.807) is 35.6 Å². The number of nitrogens with zero attached hydrogens (tertiary/aromatic N) is 2. The summed E-state index contributed by atoms with van der Waals surface area (Å²) in [5.41, 5.74) is 12.6. The Kier molecular flexibility index (Phi) is 4.30. The van der Waals surface area contributed by atoms with Gasteiger partial charge in [-0.25, -0.2) is 4.79 Å². The quantitative estimate of drug-likeness (QED) is 0.287. The van der Waals surface area contributed by atoms with Crippen LogP contribution >= 0.6 is 0 Å². The zero-order valence-electron chi connectivity index (χ0n) is 9.08. The summed E-state index contributed by atoms with van der Waals surface area (Å²) in [5, 5.41) is 4.11. The molecule has 0 heterocycles. The van der Waals surface area contributed by atoms with Crippen LogP contribution in [0.1, 0.15) is 0 Å². The normalized spacial score (nSPS) is 8.89. The molecule has 1 rings (SSSR count). The van der Waals surface area contributed by atoms with Crippen molar-refractivity contribution in [2.75, 3.05) is 5.32 Å². The summed E-state index contributed by atoms with van der Waals surface area (Å²) in [7, 11) is 0. The summed E-state index contributed by atoms with van der Waals surface area (Å²) in [6.07, 6.45) is 0. The van der Waals surface area contributed by atoms with Gasteiger partial charge in [-0.05, 0) is 12.1 Å². The minimum absolute atomic E-state index is 0.448. The van der Waals surface area contributed by atoms with Crippen LogP contribution in [0, 0.1) is 0 Å². The molecule has 0 aromatic heterocycles. The van der Waals surface area contributed by atoms with Crippen molar-refractivity contribution in [1.29, 1.82) is 0 Å². The first-order chi connectivity index (χ1) is 8.54. The molecule has 1 aromatic carbocycles. The first-order valence-corrected chi connectivity index (χ1v) is 4.74. The predicted molar refractivity (Wildman–Crippen MR) is 61.4 cm³/mol. The van der Waals surface area contributed by atoms with Gasteiger partial charge < -0.3 is 16.6 Å². The number of imide groups is 1. The van der Waals surface area contributed by atoms with E-state index in [0.717, 1.165) is 0 Å². The molecule has 0 aliphatic carbocycles. The summed E-state index contributed by atoms with van der Waals surface area (Å²) in [6, 6.07) is 7.42. The molecule has 8 nitrogen and oxygen atoms in total. The van der Waals surface area contributed by atoms with Crippen LogP contribution in [0.3, 0.4) is 0 Å². The number of rotatable bonds is 3. The second-order valence-corrected chi connectivity index (χ2v) is 3.09. The molecule has 0 bridgehead atoms. The number of hydrogen-bond donors (Lipinski definition) is 3. The van der Waals surface area contributed by atoms with Crippen LogP contribution in [0.2, 0.25) is 0 Å². The van der Waals surface area contributed by atoms with Gasteiger partial charge in [0.2, 0.25) is 0 Å². The second-order valence-electron chi connectivity index (χ2n) is 3.09. The van der Waals surface area contributed by atoms with Gasteiger partial charge in [0.15, 0.2) is 0 Å². The number of carbonyl (C=O) groups excluding carboxylic acids is 3. The zero-order chi connectivity index (χ0) is 13.5. The Bertz CT molecular complexity index is 534. The van der Waals surface area contributed by atoms with Crippen molar-refractivity contribution in [2.45, 2.75) is 0 Å². The van der Waals surface area contributed by atoms with Gasteiger partial charge in [0.25, 0.3) is 0 Å². The number of nitrogens with two attached hydrogens (primary N) is 1. The molecule has 8 heteroatoms. The molecule has 0 saturated carbocycles. The maximum atomic E-state index is 11.3. The van der Waals surface area contributed by atoms with Gasteiger partial charge in [-0.2, -0.15) is 4.79 Å². The van der Waals surface area contributed by atoms with E-state index >= 15 is 0 Å². The summed E-state index contributed by atoms with van der Waals surface area (Å²) in [5.74, 6) is -2.44.